The predicted molar refractivity (Wildman–Crippen MR) is 117 cm³/mol. The maximum absolute atomic E-state index is 12.9. The maximum atomic E-state index is 12.9. The van der Waals surface area contributed by atoms with Gasteiger partial charge in [-0.15, -0.1) is 10.2 Å². The van der Waals surface area contributed by atoms with Gasteiger partial charge in [-0.3, -0.25) is 0 Å². The first-order valence-corrected chi connectivity index (χ1v) is 12.2. The second kappa shape index (κ2) is 9.49. The van der Waals surface area contributed by atoms with Gasteiger partial charge < -0.3 is 0 Å². The van der Waals surface area contributed by atoms with Crippen LogP contribution in [0, 0.1) is 0 Å². The fourth-order valence-electron chi connectivity index (χ4n) is 3.02. The van der Waals surface area contributed by atoms with Crippen LogP contribution in [-0.4, -0.2) is 34.8 Å². The Morgan fingerprint density at radius 2 is 1.76 bits per heavy atom. The summed E-state index contributed by atoms with van der Waals surface area (Å²) in [5, 5.41) is 13.1. The van der Waals surface area contributed by atoms with Crippen molar-refractivity contribution in [3.05, 3.63) is 83.7 Å². The molecule has 1 N–H and O–H groups in total. The van der Waals surface area contributed by atoms with Crippen LogP contribution in [0.5, 0.6) is 0 Å². The average molecular weight is 494 g/mol. The van der Waals surface area contributed by atoms with Gasteiger partial charge >= 0.3 is 6.18 Å². The van der Waals surface area contributed by atoms with Crippen molar-refractivity contribution in [3.8, 4) is 0 Å². The zero-order valence-electron chi connectivity index (χ0n) is 17.0. The molecule has 4 rings (SSSR count). The van der Waals surface area contributed by atoms with Gasteiger partial charge in [0.25, 0.3) is 0 Å². The number of rotatable bonds is 8. The number of nitrogens with one attached hydrogen (secondary N) is 1. The summed E-state index contributed by atoms with van der Waals surface area (Å²) in [6.45, 7) is 0.0985. The number of nitrogens with zero attached hydrogens (tertiary/aromatic N) is 4. The van der Waals surface area contributed by atoms with E-state index in [9.17, 15) is 21.6 Å². The molecule has 4 aromatic rings. The van der Waals surface area contributed by atoms with Crippen LogP contribution in [-0.2, 0) is 28.4 Å². The zero-order chi connectivity index (χ0) is 23.5. The number of hydrogen-bond donors (Lipinski definition) is 1. The topological polar surface area (TPSA) is 89.2 Å². The lowest BCUT2D eigenvalue weighted by Gasteiger charge is -2.08. The molecule has 0 radical (unpaired) electrons. The molecule has 2 heterocycles. The SMILES string of the molecule is O=S(=O)(NCCc1nnc2ccc(SCc3cccc(C(F)(F)F)c3)nn12)c1ccccc1. The molecule has 12 heteroatoms. The molecule has 0 saturated heterocycles. The van der Waals surface area contributed by atoms with Gasteiger partial charge in [0.05, 0.1) is 10.5 Å². The Morgan fingerprint density at radius 1 is 0.970 bits per heavy atom. The summed E-state index contributed by atoms with van der Waals surface area (Å²) in [5.41, 5.74) is 0.318. The van der Waals surface area contributed by atoms with Crippen molar-refractivity contribution in [1.82, 2.24) is 24.5 Å². The first-order chi connectivity index (χ1) is 15.7. The third kappa shape index (κ3) is 5.70. The van der Waals surface area contributed by atoms with Crippen molar-refractivity contribution < 1.29 is 21.6 Å². The molecule has 0 bridgehead atoms. The van der Waals surface area contributed by atoms with Crippen molar-refractivity contribution in [2.75, 3.05) is 6.54 Å². The largest absolute Gasteiger partial charge is 0.416 e. The molecule has 0 unspecified atom stereocenters. The molecule has 0 aliphatic rings. The van der Waals surface area contributed by atoms with Gasteiger partial charge in [0.1, 0.15) is 5.03 Å². The molecular formula is C21H18F3N5O2S2. The number of sulfonamides is 1. The van der Waals surface area contributed by atoms with Crippen molar-refractivity contribution in [2.24, 2.45) is 0 Å². The smallest absolute Gasteiger partial charge is 0.211 e. The van der Waals surface area contributed by atoms with E-state index >= 15 is 0 Å². The molecule has 0 aliphatic heterocycles. The number of benzene rings is 2. The van der Waals surface area contributed by atoms with E-state index in [0.717, 1.165) is 12.1 Å². The molecule has 172 valence electrons. The van der Waals surface area contributed by atoms with Crippen molar-refractivity contribution in [1.29, 1.82) is 0 Å². The Hall–Kier alpha value is -2.96. The summed E-state index contributed by atoms with van der Waals surface area (Å²) in [6.07, 6.45) is -4.14. The third-order valence-corrected chi connectivity index (χ3v) is 7.11. The standard InChI is InChI=1S/C21H18F3N5O2S2/c22-21(23,24)16-6-4-5-15(13-16)14-32-20-10-9-18-26-27-19(29(18)28-20)11-12-25-33(30,31)17-7-2-1-3-8-17/h1-10,13,25H,11-12,14H2. The summed E-state index contributed by atoms with van der Waals surface area (Å²) >= 11 is 1.28. The molecule has 7 nitrogen and oxygen atoms in total. The molecule has 0 saturated carbocycles. The van der Waals surface area contributed by atoms with Crippen LogP contribution in [0.2, 0.25) is 0 Å². The van der Waals surface area contributed by atoms with Crippen molar-refractivity contribution >= 4 is 27.4 Å². The van der Waals surface area contributed by atoms with Gasteiger partial charge in [-0.2, -0.15) is 22.8 Å². The van der Waals surface area contributed by atoms with Crippen LogP contribution >= 0.6 is 11.8 Å². The van der Waals surface area contributed by atoms with E-state index in [1.54, 1.807) is 36.4 Å². The van der Waals surface area contributed by atoms with Crippen LogP contribution < -0.4 is 4.72 Å². The quantitative estimate of drug-likeness (QED) is 0.374. The average Bonchev–Trinajstić information content (AvgIpc) is 3.20. The molecule has 33 heavy (non-hydrogen) atoms. The van der Waals surface area contributed by atoms with Gasteiger partial charge in [0, 0.05) is 18.7 Å². The first kappa shape index (κ1) is 23.2. The lowest BCUT2D eigenvalue weighted by atomic mass is 10.1. The lowest BCUT2D eigenvalue weighted by Crippen LogP contribution is -2.26. The molecule has 2 aromatic carbocycles. The highest BCUT2D eigenvalue weighted by atomic mass is 32.2. The van der Waals surface area contributed by atoms with Crippen LogP contribution in [0.1, 0.15) is 17.0 Å². The number of alkyl halides is 3. The molecule has 2 aromatic heterocycles. The van der Waals surface area contributed by atoms with Crippen molar-refractivity contribution in [2.45, 2.75) is 28.3 Å². The second-order valence-corrected chi connectivity index (χ2v) is 9.77. The normalized spacial score (nSPS) is 12.3. The third-order valence-electron chi connectivity index (χ3n) is 4.64. The predicted octanol–water partition coefficient (Wildman–Crippen LogP) is 3.96. The first-order valence-electron chi connectivity index (χ1n) is 9.77. The fraction of sp³-hybridized carbons (Fsp3) is 0.190. The Bertz CT molecular complexity index is 1360. The highest BCUT2D eigenvalue weighted by Crippen LogP contribution is 2.31. The van der Waals surface area contributed by atoms with Gasteiger partial charge in [-0.05, 0) is 35.9 Å². The Kier molecular flexibility index (Phi) is 6.68. The molecule has 0 aliphatic carbocycles. The summed E-state index contributed by atoms with van der Waals surface area (Å²) in [7, 11) is -3.64. The minimum absolute atomic E-state index is 0.0985. The molecule has 0 spiro atoms. The maximum Gasteiger partial charge on any atom is 0.416 e. The summed E-state index contributed by atoms with van der Waals surface area (Å²) < 4.78 is 67.4. The van der Waals surface area contributed by atoms with E-state index < -0.39 is 21.8 Å². The summed E-state index contributed by atoms with van der Waals surface area (Å²) in [5.74, 6) is 0.763. The molecule has 0 atom stereocenters. The molecule has 0 amide bonds. The van der Waals surface area contributed by atoms with E-state index in [0.29, 0.717) is 27.8 Å². The molecule has 0 fully saturated rings. The van der Waals surface area contributed by atoms with Gasteiger partial charge in [-0.25, -0.2) is 13.1 Å². The minimum Gasteiger partial charge on any atom is -0.211 e. The van der Waals surface area contributed by atoms with Crippen LogP contribution in [0.15, 0.2) is 76.7 Å². The van der Waals surface area contributed by atoms with E-state index in [4.69, 9.17) is 0 Å². The van der Waals surface area contributed by atoms with Crippen LogP contribution in [0.4, 0.5) is 13.2 Å². The van der Waals surface area contributed by atoms with E-state index in [-0.39, 0.29) is 17.9 Å². The Balaban J connectivity index is 1.42. The monoisotopic (exact) mass is 493 g/mol. The number of thioether (sulfide) groups is 1. The number of halogens is 3. The van der Waals surface area contributed by atoms with Crippen molar-refractivity contribution in [3.63, 3.8) is 0 Å². The van der Waals surface area contributed by atoms with E-state index in [1.165, 1.54) is 34.5 Å². The van der Waals surface area contributed by atoms with Gasteiger partial charge in [-0.1, -0.05) is 48.2 Å². The number of fused-ring (bicyclic) bond motifs is 1. The van der Waals surface area contributed by atoms with Gasteiger partial charge in [0.2, 0.25) is 10.0 Å². The van der Waals surface area contributed by atoms with Crippen LogP contribution in [0.25, 0.3) is 5.65 Å². The Labute approximate surface area is 192 Å². The molecular weight excluding hydrogens is 475 g/mol. The van der Waals surface area contributed by atoms with E-state index in [1.807, 2.05) is 0 Å². The minimum atomic E-state index is -4.39. The number of aromatic nitrogens is 4. The fourth-order valence-corrected chi connectivity index (χ4v) is 4.87. The Morgan fingerprint density at radius 3 is 2.52 bits per heavy atom. The highest BCUT2D eigenvalue weighted by molar-refractivity contribution is 7.98. The second-order valence-electron chi connectivity index (χ2n) is 7.01. The van der Waals surface area contributed by atoms with Gasteiger partial charge in [0.15, 0.2) is 11.5 Å². The highest BCUT2D eigenvalue weighted by Gasteiger charge is 2.30. The summed E-state index contributed by atoms with van der Waals surface area (Å²) in [4.78, 5) is 0.169. The van der Waals surface area contributed by atoms with Crippen LogP contribution in [0.3, 0.4) is 0 Å². The number of hydrogen-bond acceptors (Lipinski definition) is 6. The lowest BCUT2D eigenvalue weighted by molar-refractivity contribution is -0.137. The summed E-state index contributed by atoms with van der Waals surface area (Å²) in [6, 6.07) is 16.6. The zero-order valence-corrected chi connectivity index (χ0v) is 18.7. The van der Waals surface area contributed by atoms with E-state index in [2.05, 4.69) is 20.0 Å².